The molecular formula is C26H28N2O2. The van der Waals surface area contributed by atoms with Crippen molar-refractivity contribution in [3.05, 3.63) is 89.5 Å². The van der Waals surface area contributed by atoms with Crippen LogP contribution in [-0.2, 0) is 4.74 Å². The van der Waals surface area contributed by atoms with Gasteiger partial charge in [0.25, 0.3) is 0 Å². The van der Waals surface area contributed by atoms with E-state index < -0.39 is 0 Å². The van der Waals surface area contributed by atoms with Crippen LogP contribution in [-0.4, -0.2) is 44.9 Å². The maximum Gasteiger partial charge on any atom is 0.118 e. The molecule has 0 amide bonds. The Morgan fingerprint density at radius 1 is 0.900 bits per heavy atom. The first kappa shape index (κ1) is 19.3. The van der Waals surface area contributed by atoms with Crippen LogP contribution in [0.1, 0.15) is 28.8 Å². The molecule has 4 nitrogen and oxygen atoms in total. The van der Waals surface area contributed by atoms with Crippen LogP contribution in [0.3, 0.4) is 0 Å². The summed E-state index contributed by atoms with van der Waals surface area (Å²) in [5, 5.41) is 3.90. The second kappa shape index (κ2) is 8.60. The highest BCUT2D eigenvalue weighted by Gasteiger charge is 2.30. The molecule has 154 valence electrons. The van der Waals surface area contributed by atoms with Crippen LogP contribution < -0.4 is 10.1 Å². The van der Waals surface area contributed by atoms with E-state index in [1.54, 1.807) is 7.11 Å². The zero-order valence-electron chi connectivity index (χ0n) is 17.4. The van der Waals surface area contributed by atoms with Gasteiger partial charge in [-0.3, -0.25) is 4.90 Å². The number of nitrogens with one attached hydrogen (secondary N) is 1. The first-order valence-electron chi connectivity index (χ1n) is 10.7. The fourth-order valence-electron chi connectivity index (χ4n) is 4.78. The quantitative estimate of drug-likeness (QED) is 0.664. The lowest BCUT2D eigenvalue weighted by Crippen LogP contribution is -2.43. The number of hydrogen-bond acceptors (Lipinski definition) is 4. The smallest absolute Gasteiger partial charge is 0.118 e. The topological polar surface area (TPSA) is 33.7 Å². The lowest BCUT2D eigenvalue weighted by Gasteiger charge is -2.35. The third-order valence-corrected chi connectivity index (χ3v) is 6.34. The Bertz CT molecular complexity index is 950. The Balaban J connectivity index is 1.42. The molecule has 5 rings (SSSR count). The highest BCUT2D eigenvalue weighted by Crippen LogP contribution is 2.43. The summed E-state index contributed by atoms with van der Waals surface area (Å²) in [5.41, 5.74) is 6.74. The molecule has 4 heteroatoms. The molecule has 0 radical (unpaired) electrons. The molecule has 1 heterocycles. The van der Waals surface area contributed by atoms with E-state index in [0.717, 1.165) is 38.6 Å². The van der Waals surface area contributed by atoms with Crippen LogP contribution in [0.4, 0.5) is 0 Å². The van der Waals surface area contributed by atoms with Gasteiger partial charge < -0.3 is 14.8 Å². The van der Waals surface area contributed by atoms with Gasteiger partial charge in [0.05, 0.1) is 26.4 Å². The Morgan fingerprint density at radius 2 is 1.50 bits per heavy atom. The van der Waals surface area contributed by atoms with Crippen LogP contribution in [0, 0.1) is 0 Å². The van der Waals surface area contributed by atoms with Gasteiger partial charge >= 0.3 is 0 Å². The Kier molecular flexibility index (Phi) is 5.54. The maximum atomic E-state index is 5.61. The number of methoxy groups -OCH3 is 1. The summed E-state index contributed by atoms with van der Waals surface area (Å²) < 4.78 is 11.0. The molecular weight excluding hydrogens is 372 g/mol. The number of hydrogen-bond donors (Lipinski definition) is 1. The predicted octanol–water partition coefficient (Wildman–Crippen LogP) is 4.43. The average molecular weight is 401 g/mol. The van der Waals surface area contributed by atoms with Gasteiger partial charge in [-0.15, -0.1) is 0 Å². The summed E-state index contributed by atoms with van der Waals surface area (Å²) in [6.07, 6.45) is 0. The minimum absolute atomic E-state index is 0.221. The summed E-state index contributed by atoms with van der Waals surface area (Å²) in [6, 6.07) is 26.5. The molecule has 1 aliphatic heterocycles. The van der Waals surface area contributed by atoms with Crippen molar-refractivity contribution in [1.82, 2.24) is 10.2 Å². The normalized spacial score (nSPS) is 17.4. The third kappa shape index (κ3) is 3.63. The molecule has 2 aliphatic rings. The van der Waals surface area contributed by atoms with Gasteiger partial charge in [-0.2, -0.15) is 0 Å². The summed E-state index contributed by atoms with van der Waals surface area (Å²) >= 11 is 0. The van der Waals surface area contributed by atoms with Gasteiger partial charge in [0.15, 0.2) is 0 Å². The molecule has 30 heavy (non-hydrogen) atoms. The lowest BCUT2D eigenvalue weighted by molar-refractivity contribution is 0.0158. The van der Waals surface area contributed by atoms with E-state index in [-0.39, 0.29) is 6.04 Å². The summed E-state index contributed by atoms with van der Waals surface area (Å²) in [7, 11) is 1.71. The molecule has 1 unspecified atom stereocenters. The maximum absolute atomic E-state index is 5.61. The van der Waals surface area contributed by atoms with Gasteiger partial charge in [0.1, 0.15) is 5.75 Å². The van der Waals surface area contributed by atoms with Crippen LogP contribution in [0.15, 0.2) is 72.8 Å². The van der Waals surface area contributed by atoms with Gasteiger partial charge in [0, 0.05) is 25.7 Å². The Labute approximate surface area is 178 Å². The molecule has 3 aromatic carbocycles. The van der Waals surface area contributed by atoms with Gasteiger partial charge in [0.2, 0.25) is 0 Å². The Morgan fingerprint density at radius 3 is 2.10 bits per heavy atom. The van der Waals surface area contributed by atoms with Crippen LogP contribution >= 0.6 is 0 Å². The molecule has 1 fully saturated rings. The number of fused-ring (bicyclic) bond motifs is 3. The lowest BCUT2D eigenvalue weighted by atomic mass is 10.0. The van der Waals surface area contributed by atoms with Crippen molar-refractivity contribution in [2.24, 2.45) is 0 Å². The van der Waals surface area contributed by atoms with E-state index in [2.05, 4.69) is 83.0 Å². The third-order valence-electron chi connectivity index (χ3n) is 6.34. The molecule has 1 saturated heterocycles. The highest BCUT2D eigenvalue weighted by molar-refractivity contribution is 5.78. The van der Waals surface area contributed by atoms with Crippen molar-refractivity contribution in [2.75, 3.05) is 40.0 Å². The first-order chi connectivity index (χ1) is 14.8. The number of ether oxygens (including phenoxy) is 2. The molecule has 1 atom stereocenters. The van der Waals surface area contributed by atoms with E-state index in [1.165, 1.54) is 27.8 Å². The van der Waals surface area contributed by atoms with Crippen molar-refractivity contribution < 1.29 is 9.47 Å². The SMILES string of the molecule is COc1ccc(C(CNC2c3ccccc3-c3ccccc32)N2CCOCC2)cc1. The second-order valence-electron chi connectivity index (χ2n) is 7.95. The monoisotopic (exact) mass is 400 g/mol. The van der Waals surface area contributed by atoms with Crippen molar-refractivity contribution in [2.45, 2.75) is 12.1 Å². The summed E-state index contributed by atoms with van der Waals surface area (Å²) in [4.78, 5) is 2.53. The second-order valence-corrected chi connectivity index (χ2v) is 7.95. The molecule has 0 bridgehead atoms. The molecule has 0 spiro atoms. The fraction of sp³-hybridized carbons (Fsp3) is 0.308. The van der Waals surface area contributed by atoms with E-state index in [1.807, 2.05) is 0 Å². The summed E-state index contributed by atoms with van der Waals surface area (Å²) in [6.45, 7) is 4.37. The largest absolute Gasteiger partial charge is 0.497 e. The van der Waals surface area contributed by atoms with Crippen molar-refractivity contribution in [3.63, 3.8) is 0 Å². The molecule has 3 aromatic rings. The van der Waals surface area contributed by atoms with Crippen LogP contribution in [0.2, 0.25) is 0 Å². The van der Waals surface area contributed by atoms with Crippen LogP contribution in [0.25, 0.3) is 11.1 Å². The standard InChI is InChI=1S/C26H28N2O2/c1-29-20-12-10-19(11-13-20)25(28-14-16-30-17-15-28)18-27-26-23-8-4-2-6-21(23)22-7-3-5-9-24(22)26/h2-13,25-27H,14-18H2,1H3. The Hall–Kier alpha value is -2.66. The van der Waals surface area contributed by atoms with E-state index in [9.17, 15) is 0 Å². The number of rotatable bonds is 6. The predicted molar refractivity (Wildman–Crippen MR) is 120 cm³/mol. The van der Waals surface area contributed by atoms with Crippen LogP contribution in [0.5, 0.6) is 5.75 Å². The molecule has 1 aliphatic carbocycles. The zero-order valence-corrected chi connectivity index (χ0v) is 17.4. The average Bonchev–Trinajstić information content (AvgIpc) is 3.14. The zero-order chi connectivity index (χ0) is 20.3. The molecule has 0 aromatic heterocycles. The van der Waals surface area contributed by atoms with Gasteiger partial charge in [-0.1, -0.05) is 60.7 Å². The van der Waals surface area contributed by atoms with Crippen molar-refractivity contribution in [1.29, 1.82) is 0 Å². The van der Waals surface area contributed by atoms with Crippen molar-refractivity contribution >= 4 is 0 Å². The minimum atomic E-state index is 0.221. The number of benzene rings is 3. The van der Waals surface area contributed by atoms with E-state index >= 15 is 0 Å². The van der Waals surface area contributed by atoms with Gasteiger partial charge in [-0.05, 0) is 39.9 Å². The minimum Gasteiger partial charge on any atom is -0.497 e. The number of morpholine rings is 1. The molecule has 1 N–H and O–H groups in total. The van der Waals surface area contributed by atoms with Gasteiger partial charge in [-0.25, -0.2) is 0 Å². The highest BCUT2D eigenvalue weighted by atomic mass is 16.5. The molecule has 0 saturated carbocycles. The van der Waals surface area contributed by atoms with Crippen molar-refractivity contribution in [3.8, 4) is 16.9 Å². The summed E-state index contributed by atoms with van der Waals surface area (Å²) in [5.74, 6) is 0.895. The van der Waals surface area contributed by atoms with E-state index in [0.29, 0.717) is 6.04 Å². The van der Waals surface area contributed by atoms with E-state index in [4.69, 9.17) is 9.47 Å². The fourth-order valence-corrected chi connectivity index (χ4v) is 4.78. The first-order valence-corrected chi connectivity index (χ1v) is 10.7. The number of nitrogens with zero attached hydrogens (tertiary/aromatic N) is 1.